The molecule has 0 radical (unpaired) electrons. The number of unbranched alkanes of at least 4 members (excludes halogenated alkanes) is 7. The van der Waals surface area contributed by atoms with Gasteiger partial charge in [-0.3, -0.25) is 0 Å². The SMILES string of the molecule is CCCCCCCCCCC(NC)c1ccc(CC)cc1. The highest BCUT2D eigenvalue weighted by molar-refractivity contribution is 5.24. The fourth-order valence-electron chi connectivity index (χ4n) is 2.95. The lowest BCUT2D eigenvalue weighted by atomic mass is 9.98. The van der Waals surface area contributed by atoms with Crippen molar-refractivity contribution in [2.45, 2.75) is 84.1 Å². The molecule has 0 aliphatic rings. The molecule has 0 saturated heterocycles. The normalized spacial score (nSPS) is 12.5. The Kier molecular flexibility index (Phi) is 10.2. The van der Waals surface area contributed by atoms with E-state index in [-0.39, 0.29) is 0 Å². The first-order valence-corrected chi connectivity index (χ1v) is 9.07. The zero-order chi connectivity index (χ0) is 15.3. The van der Waals surface area contributed by atoms with Crippen molar-refractivity contribution in [2.75, 3.05) is 7.05 Å². The first-order chi connectivity index (χ1) is 10.3. The maximum absolute atomic E-state index is 3.47. The Balaban J connectivity index is 2.18. The van der Waals surface area contributed by atoms with E-state index in [4.69, 9.17) is 0 Å². The maximum atomic E-state index is 3.47. The Labute approximate surface area is 132 Å². The lowest BCUT2D eigenvalue weighted by Crippen LogP contribution is -2.16. The van der Waals surface area contributed by atoms with Gasteiger partial charge in [-0.15, -0.1) is 0 Å². The highest BCUT2D eigenvalue weighted by Crippen LogP contribution is 2.21. The molecule has 1 aromatic rings. The van der Waals surface area contributed by atoms with Crippen LogP contribution in [-0.4, -0.2) is 7.05 Å². The van der Waals surface area contributed by atoms with Gasteiger partial charge in [-0.2, -0.15) is 0 Å². The van der Waals surface area contributed by atoms with Crippen molar-refractivity contribution < 1.29 is 0 Å². The van der Waals surface area contributed by atoms with Gasteiger partial charge in [0.05, 0.1) is 0 Å². The van der Waals surface area contributed by atoms with Gasteiger partial charge in [0.1, 0.15) is 0 Å². The van der Waals surface area contributed by atoms with Gasteiger partial charge in [0.15, 0.2) is 0 Å². The molecule has 120 valence electrons. The van der Waals surface area contributed by atoms with Crippen molar-refractivity contribution in [3.05, 3.63) is 35.4 Å². The molecule has 0 fully saturated rings. The number of benzene rings is 1. The van der Waals surface area contributed by atoms with Crippen LogP contribution in [0.2, 0.25) is 0 Å². The van der Waals surface area contributed by atoms with Crippen molar-refractivity contribution >= 4 is 0 Å². The Morgan fingerprint density at radius 1 is 0.810 bits per heavy atom. The molecule has 0 aromatic heterocycles. The summed E-state index contributed by atoms with van der Waals surface area (Å²) in [7, 11) is 2.09. The molecule has 1 heteroatoms. The fraction of sp³-hybridized carbons (Fsp3) is 0.700. The summed E-state index contributed by atoms with van der Waals surface area (Å²) in [5, 5.41) is 3.47. The Morgan fingerprint density at radius 3 is 1.90 bits per heavy atom. The summed E-state index contributed by atoms with van der Waals surface area (Å²) < 4.78 is 0. The predicted molar refractivity (Wildman–Crippen MR) is 94.8 cm³/mol. The molecular weight excluding hydrogens is 254 g/mol. The quantitative estimate of drug-likeness (QED) is 0.462. The smallest absolute Gasteiger partial charge is 0.0317 e. The van der Waals surface area contributed by atoms with Gasteiger partial charge >= 0.3 is 0 Å². The third-order valence-corrected chi connectivity index (χ3v) is 4.49. The molecule has 1 nitrogen and oxygen atoms in total. The molecule has 0 aliphatic carbocycles. The third kappa shape index (κ3) is 7.66. The van der Waals surface area contributed by atoms with Crippen LogP contribution in [-0.2, 0) is 6.42 Å². The van der Waals surface area contributed by atoms with E-state index >= 15 is 0 Å². The van der Waals surface area contributed by atoms with Crippen LogP contribution in [0.1, 0.15) is 88.8 Å². The zero-order valence-corrected chi connectivity index (χ0v) is 14.5. The van der Waals surface area contributed by atoms with Crippen LogP contribution in [0.5, 0.6) is 0 Å². The van der Waals surface area contributed by atoms with Crippen molar-refractivity contribution in [2.24, 2.45) is 0 Å². The van der Waals surface area contributed by atoms with Crippen molar-refractivity contribution in [3.63, 3.8) is 0 Å². The van der Waals surface area contributed by atoms with Gasteiger partial charge in [-0.05, 0) is 31.0 Å². The van der Waals surface area contributed by atoms with Crippen LogP contribution in [0.15, 0.2) is 24.3 Å². The van der Waals surface area contributed by atoms with Gasteiger partial charge in [0, 0.05) is 6.04 Å². The molecule has 1 N–H and O–H groups in total. The molecule has 0 heterocycles. The fourth-order valence-corrected chi connectivity index (χ4v) is 2.95. The van der Waals surface area contributed by atoms with Crippen molar-refractivity contribution in [1.29, 1.82) is 0 Å². The summed E-state index contributed by atoms with van der Waals surface area (Å²) in [6.07, 6.45) is 13.6. The molecule has 21 heavy (non-hydrogen) atoms. The Morgan fingerprint density at radius 2 is 1.38 bits per heavy atom. The minimum absolute atomic E-state index is 0.524. The summed E-state index contributed by atoms with van der Waals surface area (Å²) >= 11 is 0. The molecule has 0 aliphatic heterocycles. The summed E-state index contributed by atoms with van der Waals surface area (Å²) in [4.78, 5) is 0. The molecule has 0 amide bonds. The van der Waals surface area contributed by atoms with E-state index in [9.17, 15) is 0 Å². The topological polar surface area (TPSA) is 12.0 Å². The summed E-state index contributed by atoms with van der Waals surface area (Å²) in [5.41, 5.74) is 2.87. The van der Waals surface area contributed by atoms with Crippen LogP contribution in [0.4, 0.5) is 0 Å². The second-order valence-corrected chi connectivity index (χ2v) is 6.20. The molecule has 1 unspecified atom stereocenters. The van der Waals surface area contributed by atoms with Crippen molar-refractivity contribution in [1.82, 2.24) is 5.32 Å². The Hall–Kier alpha value is -0.820. The van der Waals surface area contributed by atoms with Crippen molar-refractivity contribution in [3.8, 4) is 0 Å². The predicted octanol–water partition coefficient (Wildman–Crippen LogP) is 6.04. The molecule has 1 rings (SSSR count). The van der Waals surface area contributed by atoms with Gasteiger partial charge in [-0.25, -0.2) is 0 Å². The largest absolute Gasteiger partial charge is 0.313 e. The minimum atomic E-state index is 0.524. The number of rotatable bonds is 12. The van der Waals surface area contributed by atoms with Crippen LogP contribution in [0, 0.1) is 0 Å². The van der Waals surface area contributed by atoms with Crippen LogP contribution in [0.3, 0.4) is 0 Å². The van der Waals surface area contributed by atoms with E-state index in [0.717, 1.165) is 6.42 Å². The van der Waals surface area contributed by atoms with Gasteiger partial charge in [0.25, 0.3) is 0 Å². The summed E-state index contributed by atoms with van der Waals surface area (Å²) in [5.74, 6) is 0. The second-order valence-electron chi connectivity index (χ2n) is 6.20. The monoisotopic (exact) mass is 289 g/mol. The van der Waals surface area contributed by atoms with E-state index in [0.29, 0.717) is 6.04 Å². The van der Waals surface area contributed by atoms with Crippen LogP contribution in [0.25, 0.3) is 0 Å². The minimum Gasteiger partial charge on any atom is -0.313 e. The zero-order valence-electron chi connectivity index (χ0n) is 14.5. The van der Waals surface area contributed by atoms with Crippen LogP contribution < -0.4 is 5.32 Å². The van der Waals surface area contributed by atoms with E-state index in [1.54, 1.807) is 0 Å². The second kappa shape index (κ2) is 11.8. The maximum Gasteiger partial charge on any atom is 0.0317 e. The lowest BCUT2D eigenvalue weighted by molar-refractivity contribution is 0.494. The molecule has 0 spiro atoms. The number of hydrogen-bond donors (Lipinski definition) is 1. The highest BCUT2D eigenvalue weighted by Gasteiger charge is 2.08. The first-order valence-electron chi connectivity index (χ1n) is 9.07. The van der Waals surface area contributed by atoms with E-state index < -0.39 is 0 Å². The van der Waals surface area contributed by atoms with E-state index in [1.807, 2.05) is 0 Å². The summed E-state index contributed by atoms with van der Waals surface area (Å²) in [6, 6.07) is 9.66. The Bertz CT molecular complexity index is 341. The number of hydrogen-bond acceptors (Lipinski definition) is 1. The number of nitrogens with one attached hydrogen (secondary N) is 1. The van der Waals surface area contributed by atoms with Crippen LogP contribution >= 0.6 is 0 Å². The summed E-state index contributed by atoms with van der Waals surface area (Å²) in [6.45, 7) is 4.50. The average molecular weight is 290 g/mol. The molecule has 1 atom stereocenters. The van der Waals surface area contributed by atoms with Gasteiger partial charge in [-0.1, -0.05) is 89.5 Å². The average Bonchev–Trinajstić information content (AvgIpc) is 2.54. The highest BCUT2D eigenvalue weighted by atomic mass is 14.9. The third-order valence-electron chi connectivity index (χ3n) is 4.49. The standard InChI is InChI=1S/C20H35N/c1-4-6-7-8-9-10-11-12-13-20(21-3)19-16-14-18(5-2)15-17-19/h14-17,20-21H,4-13H2,1-3H3. The number of aryl methyl sites for hydroxylation is 1. The first kappa shape index (κ1) is 18.2. The van der Waals surface area contributed by atoms with E-state index in [2.05, 4.69) is 50.5 Å². The molecule has 0 bridgehead atoms. The molecule has 1 aromatic carbocycles. The molecule has 0 saturated carbocycles. The van der Waals surface area contributed by atoms with Gasteiger partial charge in [0.2, 0.25) is 0 Å². The van der Waals surface area contributed by atoms with E-state index in [1.165, 1.54) is 68.9 Å². The van der Waals surface area contributed by atoms with Gasteiger partial charge < -0.3 is 5.32 Å². The molecular formula is C20H35N. The lowest BCUT2D eigenvalue weighted by Gasteiger charge is -2.17.